The van der Waals surface area contributed by atoms with Gasteiger partial charge in [0.15, 0.2) is 10.1 Å². The first-order valence-electron chi connectivity index (χ1n) is 9.07. The Hall–Kier alpha value is -1.76. The fourth-order valence-corrected chi connectivity index (χ4v) is 5.89. The van der Waals surface area contributed by atoms with Crippen LogP contribution in [0.2, 0.25) is 0 Å². The lowest BCUT2D eigenvalue weighted by Crippen LogP contribution is -2.37. The molecule has 0 aromatic carbocycles. The van der Waals surface area contributed by atoms with Crippen LogP contribution in [0.25, 0.3) is 0 Å². The number of imidazole rings is 2. The standard InChI is InChI=1S/C16H26N6O4S2/c1-13(2)20-11-15(17-12-20)27(23,24)21-6-5-7-22(9-8-21)28(25,26)16-10-19(4)14(3)18-16/h10-13H,5-9H2,1-4H3. The molecule has 0 N–H and O–H groups in total. The van der Waals surface area contributed by atoms with Gasteiger partial charge in [0, 0.05) is 51.7 Å². The van der Waals surface area contributed by atoms with Gasteiger partial charge in [-0.25, -0.2) is 26.8 Å². The van der Waals surface area contributed by atoms with Crippen molar-refractivity contribution in [2.24, 2.45) is 7.05 Å². The van der Waals surface area contributed by atoms with Crippen molar-refractivity contribution in [3.8, 4) is 0 Å². The summed E-state index contributed by atoms with van der Waals surface area (Å²) in [5, 5.41) is -0.0302. The van der Waals surface area contributed by atoms with Crippen molar-refractivity contribution >= 4 is 20.0 Å². The van der Waals surface area contributed by atoms with Crippen molar-refractivity contribution in [3.05, 3.63) is 24.5 Å². The largest absolute Gasteiger partial charge is 0.337 e. The van der Waals surface area contributed by atoms with Gasteiger partial charge in [-0.3, -0.25) is 0 Å². The highest BCUT2D eigenvalue weighted by atomic mass is 32.2. The number of nitrogens with zero attached hydrogens (tertiary/aromatic N) is 6. The third-order valence-electron chi connectivity index (χ3n) is 4.88. The van der Waals surface area contributed by atoms with E-state index in [-0.39, 0.29) is 42.3 Å². The van der Waals surface area contributed by atoms with Crippen molar-refractivity contribution in [2.45, 2.75) is 43.3 Å². The zero-order chi connectivity index (χ0) is 20.7. The van der Waals surface area contributed by atoms with Gasteiger partial charge in [0.05, 0.1) is 6.33 Å². The van der Waals surface area contributed by atoms with Gasteiger partial charge >= 0.3 is 0 Å². The topological polar surface area (TPSA) is 110 Å². The molecule has 28 heavy (non-hydrogen) atoms. The van der Waals surface area contributed by atoms with E-state index >= 15 is 0 Å². The van der Waals surface area contributed by atoms with Crippen molar-refractivity contribution < 1.29 is 16.8 Å². The molecule has 3 rings (SSSR count). The summed E-state index contributed by atoms with van der Waals surface area (Å²) in [6, 6.07) is 0.100. The van der Waals surface area contributed by atoms with E-state index in [4.69, 9.17) is 0 Å². The molecule has 0 unspecified atom stereocenters. The lowest BCUT2D eigenvalue weighted by Gasteiger charge is -2.20. The molecule has 156 valence electrons. The number of hydrogen-bond acceptors (Lipinski definition) is 6. The van der Waals surface area contributed by atoms with Gasteiger partial charge in [-0.15, -0.1) is 0 Å². The lowest BCUT2D eigenvalue weighted by molar-refractivity contribution is 0.402. The van der Waals surface area contributed by atoms with E-state index in [0.717, 1.165) is 0 Å². The molecule has 12 heteroatoms. The molecule has 0 radical (unpaired) electrons. The molecule has 1 aliphatic rings. The van der Waals surface area contributed by atoms with Crippen LogP contribution < -0.4 is 0 Å². The molecule has 1 saturated heterocycles. The van der Waals surface area contributed by atoms with Crippen LogP contribution in [0.5, 0.6) is 0 Å². The number of aromatic nitrogens is 4. The monoisotopic (exact) mass is 430 g/mol. The maximum absolute atomic E-state index is 12.9. The van der Waals surface area contributed by atoms with Crippen molar-refractivity contribution in [2.75, 3.05) is 26.2 Å². The lowest BCUT2D eigenvalue weighted by atomic mass is 10.4. The Balaban J connectivity index is 1.79. The summed E-state index contributed by atoms with van der Waals surface area (Å²) in [7, 11) is -5.81. The second-order valence-electron chi connectivity index (χ2n) is 7.15. The van der Waals surface area contributed by atoms with E-state index in [9.17, 15) is 16.8 Å². The van der Waals surface area contributed by atoms with Gasteiger partial charge in [0.2, 0.25) is 0 Å². The minimum atomic E-state index is -3.77. The van der Waals surface area contributed by atoms with Gasteiger partial charge < -0.3 is 9.13 Å². The summed E-state index contributed by atoms with van der Waals surface area (Å²) in [6.07, 6.45) is 4.88. The zero-order valence-electron chi connectivity index (χ0n) is 16.5. The molecule has 0 spiro atoms. The second-order valence-corrected chi connectivity index (χ2v) is 10.9. The zero-order valence-corrected chi connectivity index (χ0v) is 18.1. The molecule has 1 fully saturated rings. The van der Waals surface area contributed by atoms with Crippen LogP contribution in [0.15, 0.2) is 28.8 Å². The van der Waals surface area contributed by atoms with E-state index in [1.165, 1.54) is 27.3 Å². The summed E-state index contributed by atoms with van der Waals surface area (Å²) in [5.41, 5.74) is 0. The Bertz CT molecular complexity index is 1040. The molecule has 0 atom stereocenters. The van der Waals surface area contributed by atoms with E-state index < -0.39 is 20.0 Å². The van der Waals surface area contributed by atoms with E-state index in [0.29, 0.717) is 12.2 Å². The minimum absolute atomic E-state index is 0.0144. The van der Waals surface area contributed by atoms with Crippen molar-refractivity contribution in [3.63, 3.8) is 0 Å². The average Bonchev–Trinajstić information content (AvgIpc) is 3.15. The maximum Gasteiger partial charge on any atom is 0.262 e. The fourth-order valence-electron chi connectivity index (χ4n) is 3.00. The Morgan fingerprint density at radius 1 is 0.929 bits per heavy atom. The molecule has 1 aliphatic heterocycles. The Kier molecular flexibility index (Phi) is 5.67. The van der Waals surface area contributed by atoms with Gasteiger partial charge in [-0.05, 0) is 27.2 Å². The fraction of sp³-hybridized carbons (Fsp3) is 0.625. The van der Waals surface area contributed by atoms with E-state index in [2.05, 4.69) is 9.97 Å². The Labute approximate surface area is 165 Å². The van der Waals surface area contributed by atoms with Gasteiger partial charge in [0.1, 0.15) is 5.82 Å². The molecule has 0 amide bonds. The third-order valence-corrected chi connectivity index (χ3v) is 8.44. The van der Waals surface area contributed by atoms with E-state index in [1.54, 1.807) is 23.1 Å². The number of sulfonamides is 2. The molecule has 0 aliphatic carbocycles. The van der Waals surface area contributed by atoms with Gasteiger partial charge in [0.25, 0.3) is 20.0 Å². The summed E-state index contributed by atoms with van der Waals surface area (Å²) < 4.78 is 57.6. The molecular formula is C16H26N6O4S2. The van der Waals surface area contributed by atoms with Crippen LogP contribution in [0, 0.1) is 6.92 Å². The third kappa shape index (κ3) is 3.86. The van der Waals surface area contributed by atoms with Crippen molar-refractivity contribution in [1.82, 2.24) is 27.7 Å². The van der Waals surface area contributed by atoms with E-state index in [1.807, 2.05) is 13.8 Å². The predicted molar refractivity (Wildman–Crippen MR) is 103 cm³/mol. The highest BCUT2D eigenvalue weighted by Crippen LogP contribution is 2.21. The van der Waals surface area contributed by atoms with Crippen LogP contribution in [-0.2, 0) is 27.1 Å². The molecule has 3 heterocycles. The maximum atomic E-state index is 12.9. The summed E-state index contributed by atoms with van der Waals surface area (Å²) in [6.45, 7) is 6.22. The predicted octanol–water partition coefficient (Wildman–Crippen LogP) is 0.591. The second kappa shape index (κ2) is 7.58. The van der Waals surface area contributed by atoms with Crippen molar-refractivity contribution in [1.29, 1.82) is 0 Å². The highest BCUT2D eigenvalue weighted by Gasteiger charge is 2.33. The summed E-state index contributed by atoms with van der Waals surface area (Å²) in [4.78, 5) is 8.14. The minimum Gasteiger partial charge on any atom is -0.337 e. The molecule has 0 bridgehead atoms. The molecule has 10 nitrogen and oxygen atoms in total. The quantitative estimate of drug-likeness (QED) is 0.687. The number of aryl methyl sites for hydroxylation is 2. The Morgan fingerprint density at radius 3 is 1.96 bits per heavy atom. The van der Waals surface area contributed by atoms with Gasteiger partial charge in [-0.1, -0.05) is 0 Å². The smallest absolute Gasteiger partial charge is 0.262 e. The molecule has 2 aromatic rings. The number of rotatable bonds is 5. The summed E-state index contributed by atoms with van der Waals surface area (Å²) in [5.74, 6) is 0.596. The first-order chi connectivity index (χ1) is 13.0. The first kappa shape index (κ1) is 21.0. The van der Waals surface area contributed by atoms with Crippen LogP contribution >= 0.6 is 0 Å². The van der Waals surface area contributed by atoms with Gasteiger partial charge in [-0.2, -0.15) is 8.61 Å². The normalized spacial score (nSPS) is 17.9. The SMILES string of the molecule is Cc1nc(S(=O)(=O)N2CCCN(S(=O)(=O)c3cn(C(C)C)cn3)CC2)cn1C. The summed E-state index contributed by atoms with van der Waals surface area (Å²) >= 11 is 0. The molecule has 2 aromatic heterocycles. The molecular weight excluding hydrogens is 404 g/mol. The average molecular weight is 431 g/mol. The highest BCUT2D eigenvalue weighted by molar-refractivity contribution is 7.89. The van der Waals surface area contributed by atoms with Crippen LogP contribution in [0.1, 0.15) is 32.1 Å². The van der Waals surface area contributed by atoms with Crippen LogP contribution in [-0.4, -0.2) is 70.7 Å². The van der Waals surface area contributed by atoms with Crippen LogP contribution in [0.3, 0.4) is 0 Å². The molecule has 0 saturated carbocycles. The number of hydrogen-bond donors (Lipinski definition) is 0. The van der Waals surface area contributed by atoms with Crippen LogP contribution in [0.4, 0.5) is 0 Å². The Morgan fingerprint density at radius 2 is 1.50 bits per heavy atom. The first-order valence-corrected chi connectivity index (χ1v) is 11.9.